The van der Waals surface area contributed by atoms with E-state index in [4.69, 9.17) is 0 Å². The predicted octanol–water partition coefficient (Wildman–Crippen LogP) is 12.5. The molecule has 0 aromatic heterocycles. The molecule has 0 aliphatic heterocycles. The predicted molar refractivity (Wildman–Crippen MR) is 201 cm³/mol. The zero-order valence-corrected chi connectivity index (χ0v) is 26.8. The van der Waals surface area contributed by atoms with Gasteiger partial charge in [0.25, 0.3) is 0 Å². The van der Waals surface area contributed by atoms with Gasteiger partial charge in [-0.2, -0.15) is 0 Å². The molecule has 0 fully saturated rings. The van der Waals surface area contributed by atoms with Gasteiger partial charge in [-0.05, 0) is 130 Å². The van der Waals surface area contributed by atoms with Crippen molar-refractivity contribution in [1.29, 1.82) is 0 Å². The first-order valence-electron chi connectivity index (χ1n) is 16.9. The Balaban J connectivity index is 1.04. The fraction of sp³-hybridized carbons (Fsp3) is 0.106. The second-order valence-corrected chi connectivity index (χ2v) is 14.1. The zero-order valence-electron chi connectivity index (χ0n) is 26.8. The third kappa shape index (κ3) is 3.95. The van der Waals surface area contributed by atoms with E-state index >= 15 is 0 Å². The van der Waals surface area contributed by atoms with Gasteiger partial charge in [0, 0.05) is 5.41 Å². The molecule has 8 aromatic rings. The van der Waals surface area contributed by atoms with Crippen molar-refractivity contribution < 1.29 is 0 Å². The smallest absolute Gasteiger partial charge is 0.0159 e. The van der Waals surface area contributed by atoms with E-state index in [9.17, 15) is 0 Å². The van der Waals surface area contributed by atoms with E-state index in [1.54, 1.807) is 0 Å². The third-order valence-electron chi connectivity index (χ3n) is 11.1. The Labute approximate surface area is 276 Å². The van der Waals surface area contributed by atoms with Crippen molar-refractivity contribution in [3.05, 3.63) is 168 Å². The van der Waals surface area contributed by atoms with Gasteiger partial charge in [-0.25, -0.2) is 0 Å². The second kappa shape index (κ2) is 9.77. The van der Waals surface area contributed by atoms with Crippen molar-refractivity contribution in [2.45, 2.75) is 32.1 Å². The molecule has 0 unspecified atom stereocenters. The molecule has 47 heavy (non-hydrogen) atoms. The summed E-state index contributed by atoms with van der Waals surface area (Å²) in [6.45, 7) is 4.79. The number of hydrogen-bond acceptors (Lipinski definition) is 0. The zero-order chi connectivity index (χ0) is 31.3. The highest BCUT2D eigenvalue weighted by molar-refractivity contribution is 6.25. The normalized spacial score (nSPS) is 14.5. The Morgan fingerprint density at radius 2 is 0.936 bits per heavy atom. The summed E-state index contributed by atoms with van der Waals surface area (Å²) in [4.78, 5) is 0. The van der Waals surface area contributed by atoms with Crippen LogP contribution in [0.5, 0.6) is 0 Å². The van der Waals surface area contributed by atoms with Crippen LogP contribution in [0.1, 0.15) is 36.1 Å². The molecule has 8 aromatic carbocycles. The van der Waals surface area contributed by atoms with Crippen LogP contribution in [0.4, 0.5) is 0 Å². The average molecular weight is 599 g/mol. The van der Waals surface area contributed by atoms with Crippen LogP contribution in [0.25, 0.3) is 76.8 Å². The van der Waals surface area contributed by atoms with Gasteiger partial charge in [-0.3, -0.25) is 0 Å². The lowest BCUT2D eigenvalue weighted by molar-refractivity contribution is 0.661. The number of fused-ring (bicyclic) bond motifs is 4. The van der Waals surface area contributed by atoms with Crippen LogP contribution in [0.2, 0.25) is 0 Å². The van der Waals surface area contributed by atoms with Gasteiger partial charge in [0.05, 0.1) is 0 Å². The van der Waals surface area contributed by atoms with E-state index in [0.29, 0.717) is 0 Å². The maximum absolute atomic E-state index is 2.45. The van der Waals surface area contributed by atoms with Crippen LogP contribution in [-0.4, -0.2) is 0 Å². The summed E-state index contributed by atoms with van der Waals surface area (Å²) in [6.07, 6.45) is 6.67. The van der Waals surface area contributed by atoms with Crippen molar-refractivity contribution in [3.8, 4) is 44.5 Å². The van der Waals surface area contributed by atoms with Crippen LogP contribution < -0.4 is 0 Å². The van der Waals surface area contributed by atoms with Crippen LogP contribution in [-0.2, 0) is 18.3 Å². The SMILES string of the molecule is CC1(C)c2cc(-c3cccc(-c4ccc5ccc6cccc7ccc4c5c67)c3)ccc2-c2ccc(-c3ccc4c(c3)CC=CC4)cc21. The van der Waals surface area contributed by atoms with Crippen molar-refractivity contribution in [2.24, 2.45) is 0 Å². The fourth-order valence-corrected chi connectivity index (χ4v) is 8.57. The third-order valence-corrected chi connectivity index (χ3v) is 11.1. The summed E-state index contributed by atoms with van der Waals surface area (Å²) in [5.74, 6) is 0. The highest BCUT2D eigenvalue weighted by Crippen LogP contribution is 2.51. The molecule has 0 saturated carbocycles. The first-order valence-corrected chi connectivity index (χ1v) is 16.9. The highest BCUT2D eigenvalue weighted by atomic mass is 14.4. The molecule has 2 aliphatic rings. The number of benzene rings is 8. The number of allylic oxidation sites excluding steroid dienone is 2. The Morgan fingerprint density at radius 3 is 1.68 bits per heavy atom. The summed E-state index contributed by atoms with van der Waals surface area (Å²) in [6, 6.07) is 50.7. The molecule has 0 atom stereocenters. The van der Waals surface area contributed by atoms with E-state index in [2.05, 4.69) is 159 Å². The van der Waals surface area contributed by atoms with Crippen LogP contribution in [0.3, 0.4) is 0 Å². The van der Waals surface area contributed by atoms with Gasteiger partial charge in [0.15, 0.2) is 0 Å². The van der Waals surface area contributed by atoms with Crippen molar-refractivity contribution in [3.63, 3.8) is 0 Å². The molecule has 0 bridgehead atoms. The van der Waals surface area contributed by atoms with Crippen LogP contribution in [0, 0.1) is 0 Å². The molecule has 0 heterocycles. The van der Waals surface area contributed by atoms with Gasteiger partial charge >= 0.3 is 0 Å². The Hall–Kier alpha value is -5.46. The van der Waals surface area contributed by atoms with Gasteiger partial charge in [-0.1, -0.05) is 141 Å². The van der Waals surface area contributed by atoms with E-state index < -0.39 is 0 Å². The topological polar surface area (TPSA) is 0 Å². The molecule has 0 N–H and O–H groups in total. The minimum absolute atomic E-state index is 0.0860. The summed E-state index contributed by atoms with van der Waals surface area (Å²) in [5.41, 5.74) is 16.1. The van der Waals surface area contributed by atoms with Crippen molar-refractivity contribution >= 4 is 32.3 Å². The Kier molecular flexibility index (Phi) is 5.56. The first kappa shape index (κ1) is 26.7. The van der Waals surface area contributed by atoms with Crippen LogP contribution >= 0.6 is 0 Å². The van der Waals surface area contributed by atoms with E-state index in [1.165, 1.54) is 99.1 Å². The van der Waals surface area contributed by atoms with Gasteiger partial charge in [0.1, 0.15) is 0 Å². The summed E-state index contributed by atoms with van der Waals surface area (Å²) < 4.78 is 0. The summed E-state index contributed by atoms with van der Waals surface area (Å²) in [7, 11) is 0. The lowest BCUT2D eigenvalue weighted by atomic mass is 9.80. The molecule has 2 aliphatic carbocycles. The molecule has 222 valence electrons. The second-order valence-electron chi connectivity index (χ2n) is 14.1. The van der Waals surface area contributed by atoms with Crippen molar-refractivity contribution in [1.82, 2.24) is 0 Å². The Bertz CT molecular complexity index is 2580. The molecule has 0 nitrogen and oxygen atoms in total. The number of hydrogen-bond donors (Lipinski definition) is 0. The van der Waals surface area contributed by atoms with Crippen LogP contribution in [0.15, 0.2) is 146 Å². The standard InChI is InChI=1S/C47H34/c1-47(2)43-27-36(19-22-40(43)41-23-20-37(28-44(41)47)35-16-13-29-7-3-4-8-33(29)25-35)34-11-6-12-38(26-34)39-21-17-32-15-14-30-9-5-10-31-18-24-42(39)46(32)45(30)31/h3-6,9-28H,7-8H2,1-2H3. The average Bonchev–Trinajstić information content (AvgIpc) is 3.35. The number of rotatable bonds is 3. The Morgan fingerprint density at radius 1 is 0.404 bits per heavy atom. The van der Waals surface area contributed by atoms with Crippen molar-refractivity contribution in [2.75, 3.05) is 0 Å². The minimum Gasteiger partial charge on any atom is -0.0838 e. The highest BCUT2D eigenvalue weighted by Gasteiger charge is 2.36. The fourth-order valence-electron chi connectivity index (χ4n) is 8.57. The first-order chi connectivity index (χ1) is 23.0. The van der Waals surface area contributed by atoms with E-state index in [1.807, 2.05) is 0 Å². The molecule has 0 amide bonds. The minimum atomic E-state index is -0.0860. The quantitative estimate of drug-likeness (QED) is 0.140. The van der Waals surface area contributed by atoms with E-state index in [0.717, 1.165) is 12.8 Å². The molecule has 0 saturated heterocycles. The summed E-state index contributed by atoms with van der Waals surface area (Å²) >= 11 is 0. The maximum atomic E-state index is 2.45. The molecule has 0 spiro atoms. The van der Waals surface area contributed by atoms with E-state index in [-0.39, 0.29) is 5.41 Å². The molecular weight excluding hydrogens is 565 g/mol. The lowest BCUT2D eigenvalue weighted by Crippen LogP contribution is -2.15. The van der Waals surface area contributed by atoms with Gasteiger partial charge < -0.3 is 0 Å². The lowest BCUT2D eigenvalue weighted by Gasteiger charge is -2.23. The molecule has 0 heteroatoms. The van der Waals surface area contributed by atoms with Gasteiger partial charge in [0.2, 0.25) is 0 Å². The summed E-state index contributed by atoms with van der Waals surface area (Å²) in [5, 5.41) is 7.97. The molecule has 10 rings (SSSR count). The monoisotopic (exact) mass is 598 g/mol. The van der Waals surface area contributed by atoms with Gasteiger partial charge in [-0.15, -0.1) is 0 Å². The largest absolute Gasteiger partial charge is 0.0838 e. The molecule has 0 radical (unpaired) electrons. The maximum Gasteiger partial charge on any atom is 0.0159 e. The molecular formula is C47H34.